The topological polar surface area (TPSA) is 161 Å². The van der Waals surface area contributed by atoms with Gasteiger partial charge in [0.2, 0.25) is 11.7 Å². The number of aliphatic hydroxyl groups excluding tert-OH is 2. The van der Waals surface area contributed by atoms with Crippen LogP contribution >= 0.6 is 0 Å². The minimum absolute atomic E-state index is 0.0705. The minimum atomic E-state index is -2.67. The lowest BCUT2D eigenvalue weighted by Crippen LogP contribution is -2.73. The molecule has 0 heterocycles. The van der Waals surface area contributed by atoms with Crippen molar-refractivity contribution in [2.45, 2.75) is 49.9 Å². The molecule has 2 aromatic carbocycles. The molecule has 6 N–H and O–H groups in total. The second kappa shape index (κ2) is 10.5. The quantitative estimate of drug-likeness (QED) is 0.204. The number of carbonyl (C=O) groups is 3. The number of fused-ring (bicyclic) bond motifs is 3. The van der Waals surface area contributed by atoms with Gasteiger partial charge in [-0.3, -0.25) is 14.4 Å². The van der Waals surface area contributed by atoms with Crippen LogP contribution in [0, 0.1) is 30.1 Å². The zero-order chi connectivity index (χ0) is 29.8. The summed E-state index contributed by atoms with van der Waals surface area (Å²) in [5.74, 6) is -4.93. The molecule has 9 heteroatoms. The van der Waals surface area contributed by atoms with Gasteiger partial charge in [-0.25, -0.2) is 0 Å². The number of benzene rings is 2. The van der Waals surface area contributed by atoms with Gasteiger partial charge in [0, 0.05) is 24.0 Å². The Hall–Kier alpha value is -3.97. The smallest absolute Gasteiger partial charge is 0.230 e. The fourth-order valence-corrected chi connectivity index (χ4v) is 7.12. The number of amides is 1. The Bertz CT molecular complexity index is 1500. The van der Waals surface area contributed by atoms with Gasteiger partial charge in [-0.05, 0) is 74.0 Å². The van der Waals surface area contributed by atoms with Crippen molar-refractivity contribution in [2.24, 2.45) is 23.5 Å². The van der Waals surface area contributed by atoms with Crippen LogP contribution in [0.2, 0.25) is 0 Å². The summed E-state index contributed by atoms with van der Waals surface area (Å²) >= 11 is 0. The van der Waals surface area contributed by atoms with Crippen LogP contribution in [0.4, 0.5) is 0 Å². The second-order valence-electron chi connectivity index (χ2n) is 11.5. The molecule has 2 aromatic rings. The third-order valence-corrected chi connectivity index (χ3v) is 9.02. The van der Waals surface area contributed by atoms with Crippen LogP contribution < -0.4 is 5.73 Å². The van der Waals surface area contributed by atoms with Crippen molar-refractivity contribution in [3.05, 3.63) is 58.7 Å². The fourth-order valence-electron chi connectivity index (χ4n) is 7.12. The summed E-state index contributed by atoms with van der Waals surface area (Å²) in [6.07, 6.45) is 6.55. The number of ketones is 2. The molecule has 0 spiro atoms. The number of rotatable bonds is 6. The molecule has 5 rings (SSSR count). The first-order chi connectivity index (χ1) is 19.4. The molecule has 9 nitrogen and oxygen atoms in total. The molecule has 6 atom stereocenters. The molecule has 3 aliphatic rings. The minimum Gasteiger partial charge on any atom is -0.507 e. The molecular weight excluding hydrogens is 524 g/mol. The van der Waals surface area contributed by atoms with Gasteiger partial charge in [0.1, 0.15) is 17.4 Å². The molecule has 2 fully saturated rings. The van der Waals surface area contributed by atoms with Gasteiger partial charge in [-0.15, -0.1) is 12.3 Å². The number of unbranched alkanes of at least 4 members (excludes halogenated alkanes) is 1. The lowest BCUT2D eigenvalue weighted by molar-refractivity contribution is -0.184. The van der Waals surface area contributed by atoms with E-state index in [1.807, 2.05) is 24.3 Å². The van der Waals surface area contributed by atoms with Gasteiger partial charge in [0.15, 0.2) is 11.4 Å². The zero-order valence-corrected chi connectivity index (χ0v) is 23.0. The van der Waals surface area contributed by atoms with Gasteiger partial charge in [0.25, 0.3) is 0 Å². The lowest BCUT2D eigenvalue weighted by atomic mass is 9.54. The van der Waals surface area contributed by atoms with Crippen LogP contribution in [-0.2, 0) is 27.2 Å². The van der Waals surface area contributed by atoms with E-state index in [2.05, 4.69) is 5.92 Å². The molecular formula is C32H34N2O7. The fraction of sp³-hybridized carbons (Fsp3) is 0.406. The number of likely N-dealkylation sites (N-methyl/N-ethyl adjacent to an activating group) is 1. The van der Waals surface area contributed by atoms with Crippen LogP contribution in [0.5, 0.6) is 5.75 Å². The summed E-state index contributed by atoms with van der Waals surface area (Å²) in [6.45, 7) is 0. The molecule has 0 bridgehead atoms. The van der Waals surface area contributed by atoms with E-state index in [9.17, 15) is 34.8 Å². The predicted octanol–water partition coefficient (Wildman–Crippen LogP) is 1.75. The Morgan fingerprint density at radius 3 is 2.44 bits per heavy atom. The summed E-state index contributed by atoms with van der Waals surface area (Å²) in [6, 6.07) is 10.2. The molecule has 3 aliphatic carbocycles. The number of hydrogen-bond donors (Lipinski definition) is 5. The van der Waals surface area contributed by atoms with Crippen LogP contribution in [0.3, 0.4) is 0 Å². The molecule has 1 amide bonds. The average molecular weight is 559 g/mol. The van der Waals surface area contributed by atoms with Crippen LogP contribution in [0.1, 0.15) is 36.0 Å². The highest BCUT2D eigenvalue weighted by Crippen LogP contribution is 2.53. The Kier molecular flexibility index (Phi) is 7.28. The Morgan fingerprint density at radius 2 is 1.83 bits per heavy atom. The van der Waals surface area contributed by atoms with Crippen molar-refractivity contribution >= 4 is 23.2 Å². The molecule has 3 unspecified atom stereocenters. The van der Waals surface area contributed by atoms with Crippen molar-refractivity contribution < 1.29 is 34.8 Å². The molecule has 214 valence electrons. The highest BCUT2D eigenvalue weighted by Gasteiger charge is 2.67. The number of hydrogen-bond acceptors (Lipinski definition) is 8. The van der Waals surface area contributed by atoms with Gasteiger partial charge in [-0.1, -0.05) is 30.3 Å². The van der Waals surface area contributed by atoms with E-state index in [-0.39, 0.29) is 29.7 Å². The first-order valence-electron chi connectivity index (χ1n) is 13.7. The van der Waals surface area contributed by atoms with E-state index in [1.54, 1.807) is 25.1 Å². The molecule has 0 saturated heterocycles. The third-order valence-electron chi connectivity index (χ3n) is 9.02. The number of primary amides is 1. The number of carbonyl (C=O) groups excluding carboxylic acids is 3. The molecule has 41 heavy (non-hydrogen) atoms. The average Bonchev–Trinajstić information content (AvgIpc) is 2.91. The van der Waals surface area contributed by atoms with Gasteiger partial charge < -0.3 is 31.1 Å². The number of phenols is 1. The van der Waals surface area contributed by atoms with Gasteiger partial charge >= 0.3 is 0 Å². The van der Waals surface area contributed by atoms with Crippen molar-refractivity contribution in [1.82, 2.24) is 4.90 Å². The highest BCUT2D eigenvalue weighted by atomic mass is 16.3. The van der Waals surface area contributed by atoms with Crippen LogP contribution in [-0.4, -0.2) is 74.6 Å². The van der Waals surface area contributed by atoms with E-state index in [0.29, 0.717) is 12.0 Å². The number of nitrogens with zero attached hydrogens (tertiary/aromatic N) is 1. The maximum atomic E-state index is 14.0. The van der Waals surface area contributed by atoms with Crippen molar-refractivity contribution in [3.63, 3.8) is 0 Å². The number of phenolic OH excluding ortho intramolecular Hbond substituents is 1. The first kappa shape index (κ1) is 28.6. The number of nitrogens with two attached hydrogens (primary N) is 1. The SMILES string of the molecule is C#CCCCc1ccc(-c2ccc(O)c3c2C[C@@H]2C[C@@H]4C(N(C)C)C(O)C(C(N)=O)C(=O)[C@]4(O)C(=O)C2=C3O)cc1. The second-order valence-corrected chi connectivity index (χ2v) is 11.5. The van der Waals surface area contributed by atoms with E-state index in [1.165, 1.54) is 6.07 Å². The molecule has 0 aromatic heterocycles. The molecule has 0 aliphatic heterocycles. The Labute approximate surface area is 238 Å². The van der Waals surface area contributed by atoms with E-state index < -0.39 is 58.7 Å². The van der Waals surface area contributed by atoms with Crippen LogP contribution in [0.15, 0.2) is 42.0 Å². The molecule has 2 saturated carbocycles. The molecule has 0 radical (unpaired) electrons. The maximum absolute atomic E-state index is 14.0. The van der Waals surface area contributed by atoms with Crippen LogP contribution in [0.25, 0.3) is 16.9 Å². The number of aliphatic hydroxyl groups is 3. The highest BCUT2D eigenvalue weighted by molar-refractivity contribution is 6.25. The zero-order valence-electron chi connectivity index (χ0n) is 23.0. The van der Waals surface area contributed by atoms with Crippen molar-refractivity contribution in [2.75, 3.05) is 14.1 Å². The lowest BCUT2D eigenvalue weighted by Gasteiger charge is -2.53. The summed E-state index contributed by atoms with van der Waals surface area (Å²) < 4.78 is 0. The van der Waals surface area contributed by atoms with E-state index >= 15 is 0 Å². The maximum Gasteiger partial charge on any atom is 0.230 e. The normalized spacial score (nSPS) is 29.0. The Balaban J connectivity index is 1.61. The number of aromatic hydroxyl groups is 1. The number of aryl methyl sites for hydroxylation is 1. The first-order valence-corrected chi connectivity index (χ1v) is 13.7. The van der Waals surface area contributed by atoms with E-state index in [4.69, 9.17) is 12.2 Å². The number of terminal acetylenes is 1. The largest absolute Gasteiger partial charge is 0.507 e. The number of Topliss-reactive ketones (excluding diaryl/α,β-unsaturated/α-hetero) is 2. The summed E-state index contributed by atoms with van der Waals surface area (Å²) in [5.41, 5.74) is 6.04. The summed E-state index contributed by atoms with van der Waals surface area (Å²) in [5, 5.41) is 45.0. The summed E-state index contributed by atoms with van der Waals surface area (Å²) in [4.78, 5) is 41.2. The monoisotopic (exact) mass is 558 g/mol. The third kappa shape index (κ3) is 4.34. The van der Waals surface area contributed by atoms with Gasteiger partial charge in [0.05, 0.1) is 11.7 Å². The van der Waals surface area contributed by atoms with E-state index in [0.717, 1.165) is 29.5 Å². The predicted molar refractivity (Wildman–Crippen MR) is 151 cm³/mol. The van der Waals surface area contributed by atoms with Crippen molar-refractivity contribution in [3.8, 4) is 29.2 Å². The standard InChI is InChI=1S/C32H34N2O7/c1-4-5-6-7-16-8-10-17(11-9-16)19-12-13-22(35)24-20(19)14-18-15-21-26(34(2)3)28(37)25(31(33)40)30(39)32(21,41)29(38)23(18)27(24)36/h1,8-13,18,21,25-26,28,35-37,41H,5-7,14-15H2,2-3H3,(H2,33,40)/t18-,21-,25?,26?,28?,32-/m1/s1. The Morgan fingerprint density at radius 1 is 1.15 bits per heavy atom. The van der Waals surface area contributed by atoms with Gasteiger partial charge in [-0.2, -0.15) is 0 Å². The van der Waals surface area contributed by atoms with Crippen molar-refractivity contribution in [1.29, 1.82) is 0 Å². The summed E-state index contributed by atoms with van der Waals surface area (Å²) in [7, 11) is 3.25.